The minimum Gasteiger partial charge on any atom is -0.492 e. The molecular weight excluding hydrogens is 424 g/mol. The molecule has 0 fully saturated rings. The first kappa shape index (κ1) is 21.2. The molecule has 10 nitrogen and oxygen atoms in total. The molecule has 1 aromatic heterocycles. The normalized spacial score (nSPS) is 17.0. The van der Waals surface area contributed by atoms with Crippen molar-refractivity contribution in [2.75, 3.05) is 34.0 Å². The monoisotopic (exact) mass is 450 g/mol. The summed E-state index contributed by atoms with van der Waals surface area (Å²) < 4.78 is 18.8. The number of benzene rings is 2. The molecule has 0 aliphatic carbocycles. The third kappa shape index (κ3) is 3.66. The summed E-state index contributed by atoms with van der Waals surface area (Å²) in [6, 6.07) is 9.04. The van der Waals surface area contributed by atoms with Crippen molar-refractivity contribution in [1.29, 1.82) is 0 Å². The number of nitrogens with zero attached hydrogens (tertiary/aromatic N) is 5. The van der Waals surface area contributed by atoms with E-state index in [1.807, 2.05) is 32.2 Å². The Balaban J connectivity index is 1.54. The van der Waals surface area contributed by atoms with E-state index < -0.39 is 0 Å². The van der Waals surface area contributed by atoms with Crippen LogP contribution in [0.15, 0.2) is 30.3 Å². The number of fused-ring (bicyclic) bond motifs is 2. The molecule has 1 N–H and O–H groups in total. The van der Waals surface area contributed by atoms with Gasteiger partial charge in [0.15, 0.2) is 17.3 Å². The SMILES string of the molecule is CCCNC(=O)c1ccc(-n2nnnc2[C@H]2c3c(cc4c(c3OC)OCO4)CCN2C)cc1. The Morgan fingerprint density at radius 2 is 2.09 bits per heavy atom. The van der Waals surface area contributed by atoms with Crippen molar-refractivity contribution in [3.63, 3.8) is 0 Å². The molecule has 1 amide bonds. The second kappa shape index (κ2) is 8.70. The highest BCUT2D eigenvalue weighted by molar-refractivity contribution is 5.94. The average Bonchev–Trinajstić information content (AvgIpc) is 3.51. The van der Waals surface area contributed by atoms with Crippen LogP contribution in [0.2, 0.25) is 0 Å². The van der Waals surface area contributed by atoms with Gasteiger partial charge in [0.2, 0.25) is 12.5 Å². The van der Waals surface area contributed by atoms with Crippen LogP contribution in [0.25, 0.3) is 5.69 Å². The van der Waals surface area contributed by atoms with E-state index >= 15 is 0 Å². The van der Waals surface area contributed by atoms with Crippen LogP contribution < -0.4 is 19.5 Å². The van der Waals surface area contributed by atoms with E-state index in [1.54, 1.807) is 23.9 Å². The molecule has 2 aromatic carbocycles. The van der Waals surface area contributed by atoms with Crippen molar-refractivity contribution in [3.8, 4) is 22.9 Å². The van der Waals surface area contributed by atoms with Gasteiger partial charge in [-0.3, -0.25) is 9.69 Å². The van der Waals surface area contributed by atoms with Gasteiger partial charge in [0.05, 0.1) is 12.8 Å². The molecular formula is C23H26N6O4. The Morgan fingerprint density at radius 3 is 2.85 bits per heavy atom. The van der Waals surface area contributed by atoms with Crippen LogP contribution in [0, 0.1) is 0 Å². The van der Waals surface area contributed by atoms with E-state index in [1.165, 1.54) is 0 Å². The number of rotatable bonds is 6. The van der Waals surface area contributed by atoms with Crippen LogP contribution >= 0.6 is 0 Å². The molecule has 2 aliphatic heterocycles. The van der Waals surface area contributed by atoms with Gasteiger partial charge in [-0.2, -0.15) is 4.68 Å². The first-order chi connectivity index (χ1) is 16.1. The fraction of sp³-hybridized carbons (Fsp3) is 0.391. The van der Waals surface area contributed by atoms with Crippen molar-refractivity contribution in [2.24, 2.45) is 0 Å². The number of carbonyl (C=O) groups is 1. The molecule has 172 valence electrons. The fourth-order valence-electron chi connectivity index (χ4n) is 4.40. The summed E-state index contributed by atoms with van der Waals surface area (Å²) in [5.74, 6) is 2.51. The van der Waals surface area contributed by atoms with Crippen molar-refractivity contribution in [1.82, 2.24) is 30.4 Å². The zero-order valence-corrected chi connectivity index (χ0v) is 18.9. The lowest BCUT2D eigenvalue weighted by Gasteiger charge is -2.34. The molecule has 0 spiro atoms. The van der Waals surface area contributed by atoms with Crippen molar-refractivity contribution >= 4 is 5.91 Å². The maximum Gasteiger partial charge on any atom is 0.251 e. The number of carbonyl (C=O) groups excluding carboxylic acids is 1. The number of nitrogens with one attached hydrogen (secondary N) is 1. The Morgan fingerprint density at radius 1 is 1.27 bits per heavy atom. The molecule has 0 unspecified atom stereocenters. The highest BCUT2D eigenvalue weighted by Gasteiger charge is 2.37. The fourth-order valence-corrected chi connectivity index (χ4v) is 4.40. The largest absolute Gasteiger partial charge is 0.492 e. The number of hydrogen-bond acceptors (Lipinski definition) is 8. The summed E-state index contributed by atoms with van der Waals surface area (Å²) in [4.78, 5) is 14.5. The van der Waals surface area contributed by atoms with Gasteiger partial charge >= 0.3 is 0 Å². The average molecular weight is 450 g/mol. The number of likely N-dealkylation sites (N-methyl/N-ethyl adjacent to an activating group) is 1. The number of aromatic nitrogens is 4. The summed E-state index contributed by atoms with van der Waals surface area (Å²) in [5.41, 5.74) is 3.46. The summed E-state index contributed by atoms with van der Waals surface area (Å²) in [6.07, 6.45) is 1.73. The van der Waals surface area contributed by atoms with Crippen molar-refractivity contribution < 1.29 is 19.0 Å². The second-order valence-corrected chi connectivity index (χ2v) is 8.10. The van der Waals surface area contributed by atoms with E-state index in [-0.39, 0.29) is 18.7 Å². The molecule has 0 saturated heterocycles. The van der Waals surface area contributed by atoms with Gasteiger partial charge in [0, 0.05) is 24.2 Å². The number of methoxy groups -OCH3 is 1. The molecule has 10 heteroatoms. The highest BCUT2D eigenvalue weighted by Crippen LogP contribution is 2.50. The molecule has 5 rings (SSSR count). The van der Waals surface area contributed by atoms with Gasteiger partial charge < -0.3 is 19.5 Å². The van der Waals surface area contributed by atoms with E-state index in [4.69, 9.17) is 14.2 Å². The Bertz CT molecular complexity index is 1180. The summed E-state index contributed by atoms with van der Waals surface area (Å²) in [5, 5.41) is 15.5. The third-order valence-corrected chi connectivity index (χ3v) is 6.04. The lowest BCUT2D eigenvalue weighted by molar-refractivity contribution is 0.0953. The zero-order valence-electron chi connectivity index (χ0n) is 18.9. The van der Waals surface area contributed by atoms with E-state index in [2.05, 4.69) is 25.7 Å². The molecule has 33 heavy (non-hydrogen) atoms. The Labute approximate surface area is 191 Å². The lowest BCUT2D eigenvalue weighted by atomic mass is 9.90. The van der Waals surface area contributed by atoms with Gasteiger partial charge in [-0.1, -0.05) is 6.92 Å². The maximum absolute atomic E-state index is 12.3. The van der Waals surface area contributed by atoms with E-state index in [0.29, 0.717) is 35.2 Å². The standard InChI is InChI=1S/C23H26N6O4/c1-4-10-24-23(30)14-5-7-16(8-6-14)29-22(25-26-27-29)19-18-15(9-11-28(19)2)12-17-20(21(18)31-3)33-13-32-17/h5-8,12,19H,4,9-11,13H2,1-3H3,(H,24,30)/t19-/m1/s1. The predicted octanol–water partition coefficient (Wildman–Crippen LogP) is 2.12. The number of hydrogen-bond donors (Lipinski definition) is 1. The smallest absolute Gasteiger partial charge is 0.251 e. The van der Waals surface area contributed by atoms with Crippen LogP contribution in [0.1, 0.15) is 46.7 Å². The Hall–Kier alpha value is -3.66. The van der Waals surface area contributed by atoms with Gasteiger partial charge in [0.25, 0.3) is 5.91 Å². The number of ether oxygens (including phenoxy) is 3. The molecule has 3 aromatic rings. The predicted molar refractivity (Wildman–Crippen MR) is 119 cm³/mol. The van der Waals surface area contributed by atoms with Gasteiger partial charge in [0.1, 0.15) is 6.04 Å². The third-order valence-electron chi connectivity index (χ3n) is 6.04. The topological polar surface area (TPSA) is 104 Å². The van der Waals surface area contributed by atoms with Crippen LogP contribution in [0.3, 0.4) is 0 Å². The zero-order chi connectivity index (χ0) is 22.9. The second-order valence-electron chi connectivity index (χ2n) is 8.10. The van der Waals surface area contributed by atoms with Crippen molar-refractivity contribution in [3.05, 3.63) is 52.8 Å². The molecule has 3 heterocycles. The lowest BCUT2D eigenvalue weighted by Crippen LogP contribution is -2.35. The molecule has 0 saturated carbocycles. The summed E-state index contributed by atoms with van der Waals surface area (Å²) in [6.45, 7) is 3.66. The van der Waals surface area contributed by atoms with Crippen LogP contribution in [-0.2, 0) is 6.42 Å². The molecule has 0 bridgehead atoms. The summed E-state index contributed by atoms with van der Waals surface area (Å²) in [7, 11) is 3.67. The molecule has 2 aliphatic rings. The van der Waals surface area contributed by atoms with E-state index in [0.717, 1.165) is 36.2 Å². The first-order valence-corrected chi connectivity index (χ1v) is 11.0. The first-order valence-electron chi connectivity index (χ1n) is 11.0. The van der Waals surface area contributed by atoms with Gasteiger partial charge in [-0.05, 0) is 66.2 Å². The maximum atomic E-state index is 12.3. The van der Waals surface area contributed by atoms with Crippen LogP contribution in [-0.4, -0.2) is 65.1 Å². The Kier molecular flexibility index (Phi) is 5.59. The number of tetrazole rings is 1. The van der Waals surface area contributed by atoms with Crippen LogP contribution in [0.5, 0.6) is 17.2 Å². The highest BCUT2D eigenvalue weighted by atomic mass is 16.7. The van der Waals surface area contributed by atoms with Gasteiger partial charge in [-0.15, -0.1) is 5.10 Å². The molecule has 0 radical (unpaired) electrons. The van der Waals surface area contributed by atoms with E-state index in [9.17, 15) is 4.79 Å². The minimum absolute atomic E-state index is 0.0953. The molecule has 1 atom stereocenters. The summed E-state index contributed by atoms with van der Waals surface area (Å²) >= 11 is 0. The number of amides is 1. The quantitative estimate of drug-likeness (QED) is 0.609. The van der Waals surface area contributed by atoms with Crippen LogP contribution in [0.4, 0.5) is 0 Å². The van der Waals surface area contributed by atoms with Crippen molar-refractivity contribution in [2.45, 2.75) is 25.8 Å². The van der Waals surface area contributed by atoms with Gasteiger partial charge in [-0.25, -0.2) is 0 Å². The minimum atomic E-state index is -0.249.